The topological polar surface area (TPSA) is 108 Å². The van der Waals surface area contributed by atoms with E-state index in [1.54, 1.807) is 41.3 Å². The molecule has 0 saturated carbocycles. The summed E-state index contributed by atoms with van der Waals surface area (Å²) in [6.07, 6.45) is 3.39. The summed E-state index contributed by atoms with van der Waals surface area (Å²) in [6.45, 7) is 4.23. The molecule has 2 aliphatic rings. The third kappa shape index (κ3) is 6.85. The highest BCUT2D eigenvalue weighted by atomic mass is 35.5. The molecule has 0 unspecified atom stereocenters. The van der Waals surface area contributed by atoms with Gasteiger partial charge in [-0.2, -0.15) is 0 Å². The van der Waals surface area contributed by atoms with E-state index in [9.17, 15) is 19.7 Å². The maximum Gasteiger partial charge on any atom is 0.293 e. The average molecular weight is 576 g/mol. The molecule has 3 aromatic carbocycles. The van der Waals surface area contributed by atoms with Gasteiger partial charge in [0.1, 0.15) is 5.69 Å². The Balaban J connectivity index is 1.27. The fraction of sp³-hybridized carbons (Fsp3) is 0.267. The second kappa shape index (κ2) is 12.8. The third-order valence-corrected chi connectivity index (χ3v) is 7.38. The molecule has 0 aliphatic carbocycles. The maximum absolute atomic E-state index is 13.3. The number of piperazine rings is 1. The number of nitro benzene ring substituents is 1. The van der Waals surface area contributed by atoms with Crippen LogP contribution in [0.4, 0.5) is 22.7 Å². The largest absolute Gasteiger partial charge is 0.378 e. The highest BCUT2D eigenvalue weighted by molar-refractivity contribution is 6.31. The highest BCUT2D eigenvalue weighted by Gasteiger charge is 2.25. The molecule has 0 spiro atoms. The number of hydrogen-bond donors (Lipinski definition) is 1. The summed E-state index contributed by atoms with van der Waals surface area (Å²) >= 11 is 6.27. The Labute approximate surface area is 242 Å². The fourth-order valence-corrected chi connectivity index (χ4v) is 5.14. The zero-order valence-corrected chi connectivity index (χ0v) is 23.1. The van der Waals surface area contributed by atoms with E-state index in [-0.39, 0.29) is 17.2 Å². The van der Waals surface area contributed by atoms with Crippen LogP contribution in [0.25, 0.3) is 6.08 Å². The predicted octanol–water partition coefficient (Wildman–Crippen LogP) is 4.70. The van der Waals surface area contributed by atoms with Gasteiger partial charge in [0.05, 0.1) is 29.5 Å². The second-order valence-corrected chi connectivity index (χ2v) is 10.2. The Morgan fingerprint density at radius 3 is 2.27 bits per heavy atom. The number of halogens is 1. The van der Waals surface area contributed by atoms with Crippen LogP contribution in [-0.4, -0.2) is 74.1 Å². The molecule has 0 radical (unpaired) electrons. The van der Waals surface area contributed by atoms with E-state index in [2.05, 4.69) is 10.2 Å². The van der Waals surface area contributed by atoms with Gasteiger partial charge in [0.15, 0.2) is 0 Å². The molecule has 10 nitrogen and oxygen atoms in total. The smallest absolute Gasteiger partial charge is 0.293 e. The van der Waals surface area contributed by atoms with Gasteiger partial charge in [0.25, 0.3) is 11.6 Å². The first-order valence-electron chi connectivity index (χ1n) is 13.4. The molecular formula is C30H30ClN5O5. The molecule has 2 amide bonds. The van der Waals surface area contributed by atoms with Crippen molar-refractivity contribution in [3.05, 3.63) is 99.1 Å². The zero-order valence-electron chi connectivity index (χ0n) is 22.4. The van der Waals surface area contributed by atoms with Crippen LogP contribution < -0.4 is 15.1 Å². The highest BCUT2D eigenvalue weighted by Crippen LogP contribution is 2.33. The van der Waals surface area contributed by atoms with Crippen molar-refractivity contribution in [3.63, 3.8) is 0 Å². The van der Waals surface area contributed by atoms with E-state index >= 15 is 0 Å². The van der Waals surface area contributed by atoms with Crippen LogP contribution in [0.5, 0.6) is 0 Å². The number of ether oxygens (including phenoxy) is 1. The number of rotatable bonds is 7. The van der Waals surface area contributed by atoms with Crippen LogP contribution in [0.1, 0.15) is 15.9 Å². The van der Waals surface area contributed by atoms with E-state index in [0.717, 1.165) is 11.3 Å². The molecule has 3 aromatic rings. The number of amides is 2. The fourth-order valence-electron chi connectivity index (χ4n) is 4.97. The normalized spacial score (nSPS) is 15.7. The lowest BCUT2D eigenvalue weighted by molar-refractivity contribution is -0.384. The molecule has 2 aliphatic heterocycles. The number of nitrogens with zero attached hydrogens (tertiary/aromatic N) is 4. The van der Waals surface area contributed by atoms with Gasteiger partial charge in [0.2, 0.25) is 5.91 Å². The molecule has 41 heavy (non-hydrogen) atoms. The van der Waals surface area contributed by atoms with Gasteiger partial charge in [-0.05, 0) is 42.0 Å². The average Bonchev–Trinajstić information content (AvgIpc) is 3.00. The molecular weight excluding hydrogens is 546 g/mol. The standard InChI is InChI=1S/C30H30ClN5O5/c31-24-8-10-26(33-12-14-35(15-13-33)29(37)11-6-22-4-2-1-3-5-22)25(21-24)32-30(38)23-7-9-27(28(20-23)36(39)40)34-16-18-41-19-17-34/h1-11,20-21H,12-19H2,(H,32,38)/b11-6+. The van der Waals surface area contributed by atoms with E-state index in [4.69, 9.17) is 16.3 Å². The minimum absolute atomic E-state index is 0.0553. The molecule has 2 fully saturated rings. The molecule has 212 valence electrons. The van der Waals surface area contributed by atoms with Crippen molar-refractivity contribution in [2.45, 2.75) is 0 Å². The zero-order chi connectivity index (χ0) is 28.8. The molecule has 0 bridgehead atoms. The van der Waals surface area contributed by atoms with Crippen molar-refractivity contribution < 1.29 is 19.2 Å². The van der Waals surface area contributed by atoms with E-state index in [1.807, 2.05) is 41.3 Å². The Morgan fingerprint density at radius 1 is 0.878 bits per heavy atom. The van der Waals surface area contributed by atoms with Gasteiger partial charge in [-0.1, -0.05) is 41.9 Å². The Hall–Kier alpha value is -4.41. The van der Waals surface area contributed by atoms with Gasteiger partial charge < -0.3 is 24.8 Å². The number of morpholine rings is 1. The number of carbonyl (C=O) groups excluding carboxylic acids is 2. The predicted molar refractivity (Wildman–Crippen MR) is 160 cm³/mol. The van der Waals surface area contributed by atoms with Crippen LogP contribution >= 0.6 is 11.6 Å². The van der Waals surface area contributed by atoms with Crippen LogP contribution in [0.15, 0.2) is 72.8 Å². The van der Waals surface area contributed by atoms with E-state index in [1.165, 1.54) is 6.07 Å². The Bertz CT molecular complexity index is 1450. The van der Waals surface area contributed by atoms with Crippen molar-refractivity contribution in [2.24, 2.45) is 0 Å². The minimum Gasteiger partial charge on any atom is -0.378 e. The minimum atomic E-state index is -0.481. The number of carbonyl (C=O) groups is 2. The van der Waals surface area contributed by atoms with Crippen molar-refractivity contribution in [1.29, 1.82) is 0 Å². The first kappa shape index (κ1) is 28.1. The van der Waals surface area contributed by atoms with Crippen LogP contribution in [0, 0.1) is 10.1 Å². The number of anilines is 3. The summed E-state index contributed by atoms with van der Waals surface area (Å²) in [5, 5.41) is 15.2. The molecule has 0 aromatic heterocycles. The summed E-state index contributed by atoms with van der Waals surface area (Å²) in [7, 11) is 0. The molecule has 11 heteroatoms. The van der Waals surface area contributed by atoms with Crippen LogP contribution in [0.2, 0.25) is 5.02 Å². The van der Waals surface area contributed by atoms with E-state index < -0.39 is 10.8 Å². The number of hydrogen-bond acceptors (Lipinski definition) is 7. The van der Waals surface area contributed by atoms with Gasteiger partial charge in [-0.15, -0.1) is 0 Å². The quantitative estimate of drug-likeness (QED) is 0.247. The van der Waals surface area contributed by atoms with Crippen molar-refractivity contribution in [1.82, 2.24) is 4.90 Å². The summed E-state index contributed by atoms with van der Waals surface area (Å²) in [5.41, 5.74) is 2.71. The SMILES string of the molecule is O=C(Nc1cc(Cl)ccc1N1CCN(C(=O)/C=C/c2ccccc2)CC1)c1ccc(N2CCOCC2)c([N+](=O)[O-])c1. The van der Waals surface area contributed by atoms with E-state index in [0.29, 0.717) is 68.9 Å². The number of nitro groups is 1. The van der Waals surface area contributed by atoms with Gasteiger partial charge in [-0.25, -0.2) is 0 Å². The molecule has 5 rings (SSSR count). The van der Waals surface area contributed by atoms with Gasteiger partial charge in [-0.3, -0.25) is 19.7 Å². The Morgan fingerprint density at radius 2 is 1.56 bits per heavy atom. The molecule has 1 N–H and O–H groups in total. The summed E-state index contributed by atoms with van der Waals surface area (Å²) in [5.74, 6) is -0.537. The summed E-state index contributed by atoms with van der Waals surface area (Å²) < 4.78 is 5.35. The maximum atomic E-state index is 13.3. The first-order chi connectivity index (χ1) is 19.9. The van der Waals surface area contributed by atoms with Crippen molar-refractivity contribution in [3.8, 4) is 0 Å². The lowest BCUT2D eigenvalue weighted by atomic mass is 10.1. The first-order valence-corrected chi connectivity index (χ1v) is 13.8. The van der Waals surface area contributed by atoms with Gasteiger partial charge >= 0.3 is 0 Å². The van der Waals surface area contributed by atoms with Crippen molar-refractivity contribution >= 4 is 52.2 Å². The lowest BCUT2D eigenvalue weighted by Crippen LogP contribution is -2.48. The number of nitrogens with one attached hydrogen (secondary N) is 1. The molecule has 2 saturated heterocycles. The monoisotopic (exact) mass is 575 g/mol. The van der Waals surface area contributed by atoms with Crippen LogP contribution in [-0.2, 0) is 9.53 Å². The van der Waals surface area contributed by atoms with Gasteiger partial charge in [0, 0.05) is 62.0 Å². The van der Waals surface area contributed by atoms with Crippen LogP contribution in [0.3, 0.4) is 0 Å². The number of benzene rings is 3. The van der Waals surface area contributed by atoms with Crippen molar-refractivity contribution in [2.75, 3.05) is 67.6 Å². The second-order valence-electron chi connectivity index (χ2n) is 9.73. The molecule has 2 heterocycles. The Kier molecular flexibility index (Phi) is 8.81. The molecule has 0 atom stereocenters. The summed E-state index contributed by atoms with van der Waals surface area (Å²) in [4.78, 5) is 43.1. The lowest BCUT2D eigenvalue weighted by Gasteiger charge is -2.36. The third-order valence-electron chi connectivity index (χ3n) is 7.14. The summed E-state index contributed by atoms with van der Waals surface area (Å²) in [6, 6.07) is 19.4.